The molecule has 0 aromatic heterocycles. The van der Waals surface area contributed by atoms with Crippen molar-refractivity contribution in [1.82, 2.24) is 5.32 Å². The Bertz CT molecular complexity index is 225. The normalized spacial score (nSPS) is 19.1. The van der Waals surface area contributed by atoms with Crippen LogP contribution in [0.25, 0.3) is 0 Å². The molecule has 0 spiro atoms. The van der Waals surface area contributed by atoms with Gasteiger partial charge in [0.15, 0.2) is 0 Å². The average molecular weight is 243 g/mol. The maximum absolute atomic E-state index is 10.3. The van der Waals surface area contributed by atoms with Gasteiger partial charge in [-0.05, 0) is 32.2 Å². The van der Waals surface area contributed by atoms with Crippen LogP contribution in [0.2, 0.25) is 0 Å². The maximum atomic E-state index is 10.3. The summed E-state index contributed by atoms with van der Waals surface area (Å²) in [6.07, 6.45) is 8.30. The van der Waals surface area contributed by atoms with E-state index in [4.69, 9.17) is 5.11 Å². The fourth-order valence-electron chi connectivity index (χ4n) is 2.41. The number of carbonyl (C=O) groups is 1. The first-order chi connectivity index (χ1) is 8.12. The topological polar surface area (TPSA) is 69.6 Å². The van der Waals surface area contributed by atoms with Gasteiger partial charge in [-0.1, -0.05) is 25.7 Å². The van der Waals surface area contributed by atoms with Gasteiger partial charge in [0, 0.05) is 13.0 Å². The van der Waals surface area contributed by atoms with E-state index in [0.717, 1.165) is 51.5 Å². The minimum absolute atomic E-state index is 0.268. The van der Waals surface area contributed by atoms with Gasteiger partial charge in [0.25, 0.3) is 0 Å². The lowest BCUT2D eigenvalue weighted by Gasteiger charge is -2.32. The molecular formula is C13H25NO3. The highest BCUT2D eigenvalue weighted by molar-refractivity contribution is 5.66. The smallest absolute Gasteiger partial charge is 0.303 e. The lowest BCUT2D eigenvalue weighted by atomic mass is 9.85. The van der Waals surface area contributed by atoms with Gasteiger partial charge in [-0.25, -0.2) is 0 Å². The summed E-state index contributed by atoms with van der Waals surface area (Å²) in [6.45, 7) is 1.56. The Morgan fingerprint density at radius 3 is 2.47 bits per heavy atom. The molecule has 0 heterocycles. The van der Waals surface area contributed by atoms with Crippen LogP contribution in [-0.2, 0) is 4.79 Å². The highest BCUT2D eigenvalue weighted by Gasteiger charge is 2.28. The predicted molar refractivity (Wildman–Crippen MR) is 67.0 cm³/mol. The molecule has 0 bridgehead atoms. The molecular weight excluding hydrogens is 218 g/mol. The van der Waals surface area contributed by atoms with Crippen molar-refractivity contribution in [3.05, 3.63) is 0 Å². The van der Waals surface area contributed by atoms with Crippen LogP contribution >= 0.6 is 0 Å². The number of nitrogens with one attached hydrogen (secondary N) is 1. The molecule has 4 nitrogen and oxygen atoms in total. The van der Waals surface area contributed by atoms with E-state index in [1.165, 1.54) is 6.42 Å². The highest BCUT2D eigenvalue weighted by atomic mass is 16.4. The van der Waals surface area contributed by atoms with Crippen molar-refractivity contribution in [2.75, 3.05) is 13.1 Å². The molecule has 1 rings (SSSR count). The second-order valence-electron chi connectivity index (χ2n) is 5.17. The fraction of sp³-hybridized carbons (Fsp3) is 0.923. The van der Waals surface area contributed by atoms with Crippen molar-refractivity contribution in [2.45, 2.75) is 63.4 Å². The Hall–Kier alpha value is -0.610. The molecule has 0 aromatic rings. The van der Waals surface area contributed by atoms with Gasteiger partial charge in [-0.3, -0.25) is 4.79 Å². The van der Waals surface area contributed by atoms with Gasteiger partial charge in [0.05, 0.1) is 5.60 Å². The molecule has 3 N–H and O–H groups in total. The molecule has 100 valence electrons. The van der Waals surface area contributed by atoms with Gasteiger partial charge in [0.2, 0.25) is 0 Å². The molecule has 0 atom stereocenters. The summed E-state index contributed by atoms with van der Waals surface area (Å²) in [6, 6.07) is 0. The molecule has 0 unspecified atom stereocenters. The minimum atomic E-state index is -0.713. The molecule has 0 radical (unpaired) electrons. The molecule has 1 aliphatic rings. The van der Waals surface area contributed by atoms with Crippen molar-refractivity contribution in [3.8, 4) is 0 Å². The lowest BCUT2D eigenvalue weighted by molar-refractivity contribution is -0.137. The summed E-state index contributed by atoms with van der Waals surface area (Å²) < 4.78 is 0. The SMILES string of the molecule is O=C(O)CCCCCNCC1(O)CCCCC1. The number of unbranched alkanes of at least 4 members (excludes halogenated alkanes) is 2. The van der Waals surface area contributed by atoms with E-state index < -0.39 is 11.6 Å². The number of rotatable bonds is 8. The van der Waals surface area contributed by atoms with E-state index in [0.29, 0.717) is 6.54 Å². The number of carboxylic acids is 1. The second-order valence-corrected chi connectivity index (χ2v) is 5.17. The van der Waals surface area contributed by atoms with Crippen LogP contribution in [0.5, 0.6) is 0 Å². The van der Waals surface area contributed by atoms with Crippen LogP contribution < -0.4 is 5.32 Å². The predicted octanol–water partition coefficient (Wildman–Crippen LogP) is 1.92. The number of aliphatic hydroxyl groups is 1. The third-order valence-corrected chi connectivity index (χ3v) is 3.48. The molecule has 1 aliphatic carbocycles. The van der Waals surface area contributed by atoms with Crippen molar-refractivity contribution < 1.29 is 15.0 Å². The third-order valence-electron chi connectivity index (χ3n) is 3.48. The first-order valence-corrected chi connectivity index (χ1v) is 6.77. The lowest BCUT2D eigenvalue weighted by Crippen LogP contribution is -2.42. The van der Waals surface area contributed by atoms with Gasteiger partial charge in [0.1, 0.15) is 0 Å². The van der Waals surface area contributed by atoms with E-state index in [2.05, 4.69) is 5.32 Å². The zero-order valence-corrected chi connectivity index (χ0v) is 10.6. The molecule has 1 fully saturated rings. The molecule has 0 aromatic carbocycles. The number of aliphatic carboxylic acids is 1. The molecule has 1 saturated carbocycles. The first-order valence-electron chi connectivity index (χ1n) is 6.77. The number of carboxylic acid groups (broad SMARTS) is 1. The fourth-order valence-corrected chi connectivity index (χ4v) is 2.41. The molecule has 0 amide bonds. The summed E-state index contributed by atoms with van der Waals surface area (Å²) in [4.78, 5) is 10.3. The Kier molecular flexibility index (Phi) is 6.52. The van der Waals surface area contributed by atoms with Crippen LogP contribution in [-0.4, -0.2) is 34.9 Å². The monoisotopic (exact) mass is 243 g/mol. The molecule has 17 heavy (non-hydrogen) atoms. The molecule has 4 heteroatoms. The van der Waals surface area contributed by atoms with Crippen molar-refractivity contribution in [2.24, 2.45) is 0 Å². The molecule has 0 saturated heterocycles. The van der Waals surface area contributed by atoms with Crippen LogP contribution in [0.3, 0.4) is 0 Å². The summed E-state index contributed by atoms with van der Waals surface area (Å²) >= 11 is 0. The van der Waals surface area contributed by atoms with E-state index in [-0.39, 0.29) is 6.42 Å². The van der Waals surface area contributed by atoms with Crippen molar-refractivity contribution >= 4 is 5.97 Å². The third kappa shape index (κ3) is 6.64. The van der Waals surface area contributed by atoms with Gasteiger partial charge < -0.3 is 15.5 Å². The second kappa shape index (κ2) is 7.67. The van der Waals surface area contributed by atoms with Gasteiger partial charge in [-0.15, -0.1) is 0 Å². The Balaban J connectivity index is 1.94. The summed E-state index contributed by atoms with van der Waals surface area (Å²) in [5, 5.41) is 22.0. The number of hydrogen-bond acceptors (Lipinski definition) is 3. The zero-order valence-electron chi connectivity index (χ0n) is 10.6. The Morgan fingerprint density at radius 1 is 1.12 bits per heavy atom. The Morgan fingerprint density at radius 2 is 1.82 bits per heavy atom. The average Bonchev–Trinajstić information content (AvgIpc) is 2.28. The quantitative estimate of drug-likeness (QED) is 0.570. The van der Waals surface area contributed by atoms with Crippen LogP contribution in [0.4, 0.5) is 0 Å². The zero-order chi connectivity index (χ0) is 12.6. The summed E-state index contributed by atoms with van der Waals surface area (Å²) in [5.41, 5.74) is -0.487. The van der Waals surface area contributed by atoms with Crippen molar-refractivity contribution in [3.63, 3.8) is 0 Å². The van der Waals surface area contributed by atoms with E-state index in [9.17, 15) is 9.90 Å². The first kappa shape index (κ1) is 14.5. The molecule has 0 aliphatic heterocycles. The van der Waals surface area contributed by atoms with Crippen molar-refractivity contribution in [1.29, 1.82) is 0 Å². The minimum Gasteiger partial charge on any atom is -0.481 e. The Labute approximate surface area is 103 Å². The van der Waals surface area contributed by atoms with Crippen LogP contribution in [0.15, 0.2) is 0 Å². The summed E-state index contributed by atoms with van der Waals surface area (Å²) in [5.74, 6) is -0.713. The van der Waals surface area contributed by atoms with E-state index in [1.54, 1.807) is 0 Å². The maximum Gasteiger partial charge on any atom is 0.303 e. The largest absolute Gasteiger partial charge is 0.481 e. The highest BCUT2D eigenvalue weighted by Crippen LogP contribution is 2.27. The standard InChI is InChI=1S/C13H25NO3/c15-12(16)7-3-1-6-10-14-11-13(17)8-4-2-5-9-13/h14,17H,1-11H2,(H,15,16). The van der Waals surface area contributed by atoms with Gasteiger partial charge >= 0.3 is 5.97 Å². The van der Waals surface area contributed by atoms with Crippen LogP contribution in [0.1, 0.15) is 57.8 Å². The van der Waals surface area contributed by atoms with E-state index >= 15 is 0 Å². The van der Waals surface area contributed by atoms with Crippen LogP contribution in [0, 0.1) is 0 Å². The van der Waals surface area contributed by atoms with Gasteiger partial charge in [-0.2, -0.15) is 0 Å². The number of hydrogen-bond donors (Lipinski definition) is 3. The summed E-state index contributed by atoms with van der Waals surface area (Å²) in [7, 11) is 0. The van der Waals surface area contributed by atoms with E-state index in [1.807, 2.05) is 0 Å².